The smallest absolute Gasteiger partial charge is 0.190 e. The summed E-state index contributed by atoms with van der Waals surface area (Å²) in [7, 11) is -1.42. The highest BCUT2D eigenvalue weighted by atomic mass is 28.2. The maximum atomic E-state index is 6.46. The fraction of sp³-hybridized carbons (Fsp3) is 1.00. The van der Waals surface area contributed by atoms with Crippen molar-refractivity contribution in [3.63, 3.8) is 0 Å². The molecule has 0 aromatic heterocycles. The van der Waals surface area contributed by atoms with Crippen molar-refractivity contribution in [1.29, 1.82) is 0 Å². The molecule has 0 amide bonds. The van der Waals surface area contributed by atoms with Gasteiger partial charge in [-0.3, -0.25) is 0 Å². The molecule has 0 aliphatic rings. The molecule has 0 aromatic rings. The van der Waals surface area contributed by atoms with E-state index in [1.165, 1.54) is 0 Å². The highest BCUT2D eigenvalue weighted by Crippen LogP contribution is 2.14. The highest BCUT2D eigenvalue weighted by molar-refractivity contribution is 6.29. The van der Waals surface area contributed by atoms with E-state index in [0.29, 0.717) is 0 Å². The number of nitrogens with two attached hydrogens (primary N) is 1. The lowest BCUT2D eigenvalue weighted by molar-refractivity contribution is -0.0486. The van der Waals surface area contributed by atoms with Gasteiger partial charge in [-0.1, -0.05) is 26.7 Å². The van der Waals surface area contributed by atoms with Gasteiger partial charge in [0.1, 0.15) is 0 Å². The second-order valence-electron chi connectivity index (χ2n) is 7.85. The van der Waals surface area contributed by atoms with Crippen molar-refractivity contribution in [3.05, 3.63) is 0 Å². The Morgan fingerprint density at radius 1 is 0.692 bits per heavy atom. The summed E-state index contributed by atoms with van der Waals surface area (Å²) >= 11 is 0. The van der Waals surface area contributed by atoms with Crippen molar-refractivity contribution < 1.29 is 18.3 Å². The van der Waals surface area contributed by atoms with Crippen molar-refractivity contribution >= 4 is 19.5 Å². The third kappa shape index (κ3) is 12.6. The predicted molar refractivity (Wildman–Crippen MR) is 116 cm³/mol. The van der Waals surface area contributed by atoms with E-state index in [1.54, 1.807) is 0 Å². The first-order valence-electron chi connectivity index (χ1n) is 10.5. The Balaban J connectivity index is 4.56. The van der Waals surface area contributed by atoms with Crippen LogP contribution in [-0.2, 0) is 18.3 Å². The minimum absolute atomic E-state index is 0.0419. The van der Waals surface area contributed by atoms with Crippen LogP contribution in [0.5, 0.6) is 0 Å². The molecule has 4 atom stereocenters. The molecule has 0 spiro atoms. The molecule has 0 bridgehead atoms. The normalized spacial score (nSPS) is 19.0. The van der Waals surface area contributed by atoms with E-state index in [4.69, 9.17) is 24.1 Å². The third-order valence-corrected chi connectivity index (χ3v) is 8.01. The first-order chi connectivity index (χ1) is 12.2. The van der Waals surface area contributed by atoms with Gasteiger partial charge in [0.15, 0.2) is 19.5 Å². The SMILES string of the molecule is CCCC(OC(C)C(N)C(C)OC(CCC)[SiH2]OC(C)C)[SiH2]OC(C)C. The molecule has 26 heavy (non-hydrogen) atoms. The molecule has 2 N–H and O–H groups in total. The van der Waals surface area contributed by atoms with Gasteiger partial charge in [-0.05, 0) is 54.4 Å². The molecule has 5 nitrogen and oxygen atoms in total. The Kier molecular flexibility index (Phi) is 15.3. The lowest BCUT2D eigenvalue weighted by Crippen LogP contribution is -2.48. The van der Waals surface area contributed by atoms with Gasteiger partial charge in [-0.25, -0.2) is 0 Å². The zero-order chi connectivity index (χ0) is 20.1. The lowest BCUT2D eigenvalue weighted by atomic mass is 10.1. The zero-order valence-electron chi connectivity index (χ0n) is 18.5. The predicted octanol–water partition coefficient (Wildman–Crippen LogP) is 2.39. The van der Waals surface area contributed by atoms with Crippen molar-refractivity contribution in [2.45, 2.75) is 123 Å². The average Bonchev–Trinajstić information content (AvgIpc) is 2.56. The molecule has 0 aromatic carbocycles. The summed E-state index contributed by atoms with van der Waals surface area (Å²) in [6.07, 6.45) is 4.75. The van der Waals surface area contributed by atoms with Gasteiger partial charge >= 0.3 is 0 Å². The molecule has 158 valence electrons. The van der Waals surface area contributed by atoms with Gasteiger partial charge < -0.3 is 24.1 Å². The maximum Gasteiger partial charge on any atom is 0.190 e. The summed E-state index contributed by atoms with van der Waals surface area (Å²) in [6, 6.07) is -0.144. The summed E-state index contributed by atoms with van der Waals surface area (Å²) in [4.78, 5) is 0. The highest BCUT2D eigenvalue weighted by Gasteiger charge is 2.26. The largest absolute Gasteiger partial charge is 0.419 e. The fourth-order valence-corrected chi connectivity index (χ4v) is 5.91. The average molecular weight is 408 g/mol. The summed E-state index contributed by atoms with van der Waals surface area (Å²) < 4.78 is 24.3. The third-order valence-electron chi connectivity index (χ3n) is 4.35. The van der Waals surface area contributed by atoms with Crippen LogP contribution in [0.15, 0.2) is 0 Å². The lowest BCUT2D eigenvalue weighted by Gasteiger charge is -2.32. The summed E-state index contributed by atoms with van der Waals surface area (Å²) in [6.45, 7) is 16.8. The summed E-state index contributed by atoms with van der Waals surface area (Å²) in [5.41, 5.74) is 6.91. The summed E-state index contributed by atoms with van der Waals surface area (Å²) in [5, 5.41) is 0. The van der Waals surface area contributed by atoms with Gasteiger partial charge in [-0.2, -0.15) is 0 Å². The molecule has 0 rings (SSSR count). The van der Waals surface area contributed by atoms with E-state index in [1.807, 2.05) is 0 Å². The molecule has 7 heteroatoms. The maximum absolute atomic E-state index is 6.46. The molecular weight excluding hydrogens is 362 g/mol. The van der Waals surface area contributed by atoms with Crippen molar-refractivity contribution in [3.8, 4) is 0 Å². The molecule has 0 radical (unpaired) electrons. The Morgan fingerprint density at radius 2 is 1.04 bits per heavy atom. The van der Waals surface area contributed by atoms with Crippen LogP contribution in [0.1, 0.15) is 81.1 Å². The van der Waals surface area contributed by atoms with Crippen LogP contribution in [0.3, 0.4) is 0 Å². The molecular formula is C19H45NO4Si2. The van der Waals surface area contributed by atoms with Crippen molar-refractivity contribution in [2.75, 3.05) is 0 Å². The van der Waals surface area contributed by atoms with E-state index >= 15 is 0 Å². The quantitative estimate of drug-likeness (QED) is 0.398. The van der Waals surface area contributed by atoms with E-state index in [9.17, 15) is 0 Å². The molecule has 0 heterocycles. The van der Waals surface area contributed by atoms with Crippen LogP contribution in [0, 0.1) is 0 Å². The van der Waals surface area contributed by atoms with Crippen molar-refractivity contribution in [1.82, 2.24) is 0 Å². The molecule has 0 saturated carbocycles. The number of rotatable bonds is 16. The van der Waals surface area contributed by atoms with Crippen LogP contribution in [0.2, 0.25) is 0 Å². The second kappa shape index (κ2) is 15.2. The van der Waals surface area contributed by atoms with Gasteiger partial charge in [0.25, 0.3) is 0 Å². The second-order valence-corrected chi connectivity index (χ2v) is 11.0. The fourth-order valence-electron chi connectivity index (χ4n) is 2.80. The van der Waals surface area contributed by atoms with Gasteiger partial charge in [0.2, 0.25) is 0 Å². The van der Waals surface area contributed by atoms with E-state index in [0.717, 1.165) is 25.7 Å². The van der Waals surface area contributed by atoms with Gasteiger partial charge in [-0.15, -0.1) is 0 Å². The monoisotopic (exact) mass is 407 g/mol. The van der Waals surface area contributed by atoms with Crippen LogP contribution in [0.25, 0.3) is 0 Å². The molecule has 0 aliphatic heterocycles. The standard InChI is InChI=1S/C19H45NO4Si2/c1-9-11-17(25-23-13(3)4)21-15(7)19(20)16(8)22-18(12-10-2)26-24-14(5)6/h13-19H,9-12,20,25-26H2,1-8H3. The molecule has 0 fully saturated rings. The van der Waals surface area contributed by atoms with Crippen LogP contribution < -0.4 is 5.73 Å². The molecule has 0 saturated heterocycles. The van der Waals surface area contributed by atoms with E-state index in [2.05, 4.69) is 55.4 Å². The molecule has 4 unspecified atom stereocenters. The van der Waals surface area contributed by atoms with Crippen LogP contribution in [-0.4, -0.2) is 61.4 Å². The van der Waals surface area contributed by atoms with E-state index in [-0.39, 0.29) is 41.9 Å². The summed E-state index contributed by atoms with van der Waals surface area (Å²) in [5.74, 6) is 0. The Hall–Kier alpha value is 0.234. The minimum Gasteiger partial charge on any atom is -0.419 e. The topological polar surface area (TPSA) is 62.9 Å². The van der Waals surface area contributed by atoms with Gasteiger partial charge in [0, 0.05) is 12.2 Å². The Labute approximate surface area is 166 Å². The Bertz CT molecular complexity index is 305. The number of hydrogen-bond acceptors (Lipinski definition) is 5. The van der Waals surface area contributed by atoms with E-state index < -0.39 is 19.5 Å². The van der Waals surface area contributed by atoms with Crippen molar-refractivity contribution in [2.24, 2.45) is 5.73 Å². The zero-order valence-corrected chi connectivity index (χ0v) is 21.3. The van der Waals surface area contributed by atoms with Crippen LogP contribution >= 0.6 is 0 Å². The molecule has 0 aliphatic carbocycles. The first-order valence-corrected chi connectivity index (χ1v) is 13.3. The van der Waals surface area contributed by atoms with Crippen LogP contribution in [0.4, 0.5) is 0 Å². The number of ether oxygens (including phenoxy) is 2. The first kappa shape index (κ1) is 26.2. The Morgan fingerprint density at radius 3 is 1.31 bits per heavy atom. The van der Waals surface area contributed by atoms with Gasteiger partial charge in [0.05, 0.1) is 29.7 Å². The minimum atomic E-state index is -0.712. The number of hydrogen-bond donors (Lipinski definition) is 1.